The summed E-state index contributed by atoms with van der Waals surface area (Å²) in [5.41, 5.74) is -0.282. The Morgan fingerprint density at radius 2 is 2.44 bits per heavy atom. The zero-order chi connectivity index (χ0) is 13.2. The van der Waals surface area contributed by atoms with E-state index in [1.54, 1.807) is 6.26 Å². The van der Waals surface area contributed by atoms with Crippen molar-refractivity contribution in [3.8, 4) is 6.07 Å². The van der Waals surface area contributed by atoms with Crippen LogP contribution in [0.1, 0.15) is 26.0 Å². The highest BCUT2D eigenvalue weighted by Crippen LogP contribution is 2.20. The molecule has 1 aromatic heterocycles. The quantitative estimate of drug-likeness (QED) is 0.873. The second-order valence-electron chi connectivity index (χ2n) is 5.24. The van der Waals surface area contributed by atoms with Crippen LogP contribution in [0, 0.1) is 11.3 Å². The summed E-state index contributed by atoms with van der Waals surface area (Å²) in [6.45, 7) is 5.20. The Balaban J connectivity index is 2.16. The van der Waals surface area contributed by atoms with Crippen LogP contribution in [0.5, 0.6) is 0 Å². The van der Waals surface area contributed by atoms with Gasteiger partial charge in [0.1, 0.15) is 11.8 Å². The van der Waals surface area contributed by atoms with Gasteiger partial charge in [-0.3, -0.25) is 9.69 Å². The highest BCUT2D eigenvalue weighted by atomic mass is 16.3. The molecule has 1 amide bonds. The lowest BCUT2D eigenvalue weighted by molar-refractivity contribution is -0.133. The number of piperazine rings is 1. The standard InChI is InChI=1S/C13H17N3O2/c1-13(2)9-16(8-10-4-3-7-18-10)11(5-6-14)12(17)15-13/h3-4,7,11H,5,8-9H2,1-2H3,(H,15,17). The maximum Gasteiger partial charge on any atom is 0.238 e. The zero-order valence-corrected chi connectivity index (χ0v) is 10.6. The predicted octanol–water partition coefficient (Wildman–Crippen LogP) is 1.27. The van der Waals surface area contributed by atoms with Gasteiger partial charge >= 0.3 is 0 Å². The molecule has 1 fully saturated rings. The second-order valence-corrected chi connectivity index (χ2v) is 5.24. The summed E-state index contributed by atoms with van der Waals surface area (Å²) in [5, 5.41) is 11.8. The Hall–Kier alpha value is -1.80. The van der Waals surface area contributed by atoms with E-state index in [0.29, 0.717) is 13.1 Å². The summed E-state index contributed by atoms with van der Waals surface area (Å²) in [6.07, 6.45) is 1.81. The van der Waals surface area contributed by atoms with E-state index in [1.165, 1.54) is 0 Å². The van der Waals surface area contributed by atoms with Gasteiger partial charge in [0, 0.05) is 12.1 Å². The molecule has 0 bridgehead atoms. The van der Waals surface area contributed by atoms with Crippen LogP contribution < -0.4 is 5.32 Å². The van der Waals surface area contributed by atoms with Crippen molar-refractivity contribution in [1.82, 2.24) is 10.2 Å². The van der Waals surface area contributed by atoms with Gasteiger partial charge in [-0.05, 0) is 26.0 Å². The van der Waals surface area contributed by atoms with Gasteiger partial charge in [0.05, 0.1) is 25.3 Å². The van der Waals surface area contributed by atoms with Crippen LogP contribution in [0.3, 0.4) is 0 Å². The molecule has 0 spiro atoms. The number of amides is 1. The number of furan rings is 1. The molecule has 1 saturated heterocycles. The lowest BCUT2D eigenvalue weighted by atomic mass is 9.96. The predicted molar refractivity (Wildman–Crippen MR) is 65.4 cm³/mol. The first kappa shape index (κ1) is 12.7. The number of hydrogen-bond donors (Lipinski definition) is 1. The molecule has 2 rings (SSSR count). The third kappa shape index (κ3) is 2.71. The molecule has 1 aliphatic rings. The zero-order valence-electron chi connectivity index (χ0n) is 10.6. The molecule has 0 radical (unpaired) electrons. The van der Waals surface area contributed by atoms with E-state index < -0.39 is 6.04 Å². The molecule has 18 heavy (non-hydrogen) atoms. The van der Waals surface area contributed by atoms with Crippen LogP contribution in [0.15, 0.2) is 22.8 Å². The van der Waals surface area contributed by atoms with Gasteiger partial charge in [0.25, 0.3) is 0 Å². The molecule has 1 aromatic rings. The fourth-order valence-corrected chi connectivity index (χ4v) is 2.32. The van der Waals surface area contributed by atoms with Gasteiger partial charge in [0.2, 0.25) is 5.91 Å². The first-order chi connectivity index (χ1) is 8.52. The van der Waals surface area contributed by atoms with Crippen molar-refractivity contribution in [1.29, 1.82) is 5.26 Å². The Kier molecular flexibility index (Phi) is 3.39. The highest BCUT2D eigenvalue weighted by Gasteiger charge is 2.38. The van der Waals surface area contributed by atoms with Crippen LogP contribution in [0.2, 0.25) is 0 Å². The van der Waals surface area contributed by atoms with Crippen molar-refractivity contribution in [3.05, 3.63) is 24.2 Å². The van der Waals surface area contributed by atoms with Gasteiger partial charge in [-0.1, -0.05) is 0 Å². The number of carbonyl (C=O) groups excluding carboxylic acids is 1. The van der Waals surface area contributed by atoms with Crippen molar-refractivity contribution < 1.29 is 9.21 Å². The smallest absolute Gasteiger partial charge is 0.238 e. The highest BCUT2D eigenvalue weighted by molar-refractivity contribution is 5.83. The fraction of sp³-hybridized carbons (Fsp3) is 0.538. The summed E-state index contributed by atoms with van der Waals surface area (Å²) in [7, 11) is 0. The fourth-order valence-electron chi connectivity index (χ4n) is 2.32. The minimum Gasteiger partial charge on any atom is -0.468 e. The molecule has 2 heterocycles. The van der Waals surface area contributed by atoms with Crippen LogP contribution >= 0.6 is 0 Å². The minimum atomic E-state index is -0.395. The van der Waals surface area contributed by atoms with Crippen molar-refractivity contribution in [2.24, 2.45) is 0 Å². The van der Waals surface area contributed by atoms with E-state index in [-0.39, 0.29) is 17.9 Å². The Labute approximate surface area is 106 Å². The molecule has 1 N–H and O–H groups in total. The third-order valence-corrected chi connectivity index (χ3v) is 3.03. The average molecular weight is 247 g/mol. The first-order valence-corrected chi connectivity index (χ1v) is 5.97. The van der Waals surface area contributed by atoms with Crippen molar-refractivity contribution in [2.45, 2.75) is 38.4 Å². The van der Waals surface area contributed by atoms with E-state index in [2.05, 4.69) is 11.4 Å². The van der Waals surface area contributed by atoms with Crippen LogP contribution in [-0.2, 0) is 11.3 Å². The lowest BCUT2D eigenvalue weighted by Crippen LogP contribution is -2.64. The van der Waals surface area contributed by atoms with Gasteiger partial charge in [-0.25, -0.2) is 0 Å². The van der Waals surface area contributed by atoms with Crippen LogP contribution in [0.4, 0.5) is 0 Å². The van der Waals surface area contributed by atoms with Gasteiger partial charge in [0.15, 0.2) is 0 Å². The molecule has 1 unspecified atom stereocenters. The van der Waals surface area contributed by atoms with E-state index >= 15 is 0 Å². The number of carbonyl (C=O) groups is 1. The molecular formula is C13H17N3O2. The molecule has 0 aliphatic carbocycles. The molecule has 1 aliphatic heterocycles. The summed E-state index contributed by atoms with van der Waals surface area (Å²) >= 11 is 0. The van der Waals surface area contributed by atoms with Crippen LogP contribution in [0.25, 0.3) is 0 Å². The van der Waals surface area contributed by atoms with E-state index in [9.17, 15) is 4.79 Å². The van der Waals surface area contributed by atoms with Gasteiger partial charge < -0.3 is 9.73 Å². The van der Waals surface area contributed by atoms with Crippen molar-refractivity contribution in [3.63, 3.8) is 0 Å². The monoisotopic (exact) mass is 247 g/mol. The van der Waals surface area contributed by atoms with E-state index in [1.807, 2.05) is 30.9 Å². The molecule has 1 atom stereocenters. The molecule has 0 saturated carbocycles. The number of hydrogen-bond acceptors (Lipinski definition) is 4. The molecule has 96 valence electrons. The summed E-state index contributed by atoms with van der Waals surface area (Å²) in [4.78, 5) is 14.0. The number of nitrogens with one attached hydrogen (secondary N) is 1. The molecule has 0 aromatic carbocycles. The average Bonchev–Trinajstić information content (AvgIpc) is 2.75. The Bertz CT molecular complexity index is 459. The van der Waals surface area contributed by atoms with E-state index in [4.69, 9.17) is 9.68 Å². The van der Waals surface area contributed by atoms with Crippen LogP contribution in [-0.4, -0.2) is 28.9 Å². The van der Waals surface area contributed by atoms with E-state index in [0.717, 1.165) is 5.76 Å². The Morgan fingerprint density at radius 1 is 1.67 bits per heavy atom. The van der Waals surface area contributed by atoms with Crippen molar-refractivity contribution in [2.75, 3.05) is 6.54 Å². The molecular weight excluding hydrogens is 230 g/mol. The van der Waals surface area contributed by atoms with Gasteiger partial charge in [-0.15, -0.1) is 0 Å². The number of nitrogens with zero attached hydrogens (tertiary/aromatic N) is 2. The lowest BCUT2D eigenvalue weighted by Gasteiger charge is -2.42. The second kappa shape index (κ2) is 4.83. The number of rotatable bonds is 3. The summed E-state index contributed by atoms with van der Waals surface area (Å²) in [5.74, 6) is 0.725. The van der Waals surface area contributed by atoms with Gasteiger partial charge in [-0.2, -0.15) is 5.26 Å². The molecule has 5 heteroatoms. The maximum absolute atomic E-state index is 12.0. The number of nitriles is 1. The minimum absolute atomic E-state index is 0.0839. The normalized spacial score (nSPS) is 23.4. The Morgan fingerprint density at radius 3 is 3.06 bits per heavy atom. The SMILES string of the molecule is CC1(C)CN(Cc2ccco2)C(CC#N)C(=O)N1. The maximum atomic E-state index is 12.0. The molecule has 5 nitrogen and oxygen atoms in total. The topological polar surface area (TPSA) is 69.3 Å². The van der Waals surface area contributed by atoms with Crippen molar-refractivity contribution >= 4 is 5.91 Å². The third-order valence-electron chi connectivity index (χ3n) is 3.03. The summed E-state index contributed by atoms with van der Waals surface area (Å²) in [6, 6.07) is 5.38. The largest absolute Gasteiger partial charge is 0.468 e. The first-order valence-electron chi connectivity index (χ1n) is 5.97. The summed E-state index contributed by atoms with van der Waals surface area (Å²) < 4.78 is 5.31.